The summed E-state index contributed by atoms with van der Waals surface area (Å²) in [6.45, 7) is 4.93. The van der Waals surface area contributed by atoms with Crippen molar-refractivity contribution in [3.05, 3.63) is 30.1 Å². The molecule has 5 nitrogen and oxygen atoms in total. The van der Waals surface area contributed by atoms with Crippen molar-refractivity contribution >= 4 is 11.6 Å². The van der Waals surface area contributed by atoms with Gasteiger partial charge in [0.25, 0.3) is 5.91 Å². The first kappa shape index (κ1) is 20.2. The molecule has 4 aliphatic rings. The molecule has 2 N–H and O–H groups in total. The maximum atomic E-state index is 12.5. The van der Waals surface area contributed by atoms with E-state index in [0.717, 1.165) is 31.1 Å². The molecule has 162 valence electrons. The van der Waals surface area contributed by atoms with Gasteiger partial charge in [-0.25, -0.2) is 5.43 Å². The minimum Gasteiger partial charge on any atom is -0.393 e. The molecule has 4 aliphatic carbocycles. The van der Waals surface area contributed by atoms with Crippen molar-refractivity contribution in [2.24, 2.45) is 39.6 Å². The van der Waals surface area contributed by atoms with Gasteiger partial charge in [-0.2, -0.15) is 5.10 Å². The first-order chi connectivity index (χ1) is 14.4. The summed E-state index contributed by atoms with van der Waals surface area (Å²) >= 11 is 0. The van der Waals surface area contributed by atoms with E-state index in [2.05, 4.69) is 29.4 Å². The van der Waals surface area contributed by atoms with Crippen molar-refractivity contribution in [2.45, 2.75) is 77.7 Å². The molecule has 0 aromatic carbocycles. The van der Waals surface area contributed by atoms with Gasteiger partial charge in [0.05, 0.1) is 6.10 Å². The molecule has 0 saturated heterocycles. The third-order valence-electron chi connectivity index (χ3n) is 9.61. The number of aliphatic hydroxyl groups is 1. The summed E-state index contributed by atoms with van der Waals surface area (Å²) in [6, 6.07) is 3.44. The Morgan fingerprint density at radius 2 is 1.90 bits per heavy atom. The van der Waals surface area contributed by atoms with E-state index in [1.54, 1.807) is 24.5 Å². The van der Waals surface area contributed by atoms with E-state index in [-0.39, 0.29) is 17.4 Å². The Morgan fingerprint density at radius 3 is 2.70 bits per heavy atom. The van der Waals surface area contributed by atoms with Crippen molar-refractivity contribution in [3.8, 4) is 0 Å². The van der Waals surface area contributed by atoms with Crippen molar-refractivity contribution in [1.29, 1.82) is 0 Å². The summed E-state index contributed by atoms with van der Waals surface area (Å²) in [5, 5.41) is 14.9. The topological polar surface area (TPSA) is 74.6 Å². The highest BCUT2D eigenvalue weighted by Gasteiger charge is 2.59. The Bertz CT molecular complexity index is 840. The molecule has 5 rings (SSSR count). The highest BCUT2D eigenvalue weighted by molar-refractivity contribution is 5.97. The van der Waals surface area contributed by atoms with Gasteiger partial charge in [-0.05, 0) is 99.0 Å². The average molecular weight is 410 g/mol. The lowest BCUT2D eigenvalue weighted by Crippen LogP contribution is -2.54. The first-order valence-corrected chi connectivity index (χ1v) is 11.9. The van der Waals surface area contributed by atoms with Crippen LogP contribution in [0.15, 0.2) is 29.6 Å². The molecule has 30 heavy (non-hydrogen) atoms. The molecule has 4 fully saturated rings. The molecule has 1 heterocycles. The molecular formula is C25H35N3O2. The van der Waals surface area contributed by atoms with Crippen LogP contribution in [0.25, 0.3) is 0 Å². The van der Waals surface area contributed by atoms with Gasteiger partial charge in [0.1, 0.15) is 0 Å². The lowest BCUT2D eigenvalue weighted by molar-refractivity contribution is -0.113. The largest absolute Gasteiger partial charge is 0.393 e. The summed E-state index contributed by atoms with van der Waals surface area (Å²) in [5.74, 6) is 2.77. The number of rotatable bonds is 2. The summed E-state index contributed by atoms with van der Waals surface area (Å²) in [7, 11) is 0. The number of hydrogen-bond acceptors (Lipinski definition) is 4. The lowest BCUT2D eigenvalue weighted by Gasteiger charge is -2.60. The molecule has 0 unspecified atom stereocenters. The predicted molar refractivity (Wildman–Crippen MR) is 117 cm³/mol. The van der Waals surface area contributed by atoms with Gasteiger partial charge in [0.15, 0.2) is 0 Å². The lowest BCUT2D eigenvalue weighted by atomic mass is 9.45. The van der Waals surface area contributed by atoms with Gasteiger partial charge in [-0.3, -0.25) is 9.78 Å². The highest BCUT2D eigenvalue weighted by atomic mass is 16.3. The molecule has 0 spiro atoms. The maximum Gasteiger partial charge on any atom is 0.271 e. The van der Waals surface area contributed by atoms with Crippen LogP contribution in [-0.4, -0.2) is 27.8 Å². The fourth-order valence-corrected chi connectivity index (χ4v) is 7.89. The third kappa shape index (κ3) is 3.12. The summed E-state index contributed by atoms with van der Waals surface area (Å²) in [4.78, 5) is 16.4. The molecule has 4 saturated carbocycles. The molecule has 0 aliphatic heterocycles. The molecule has 5 heteroatoms. The van der Waals surface area contributed by atoms with Gasteiger partial charge in [-0.1, -0.05) is 13.8 Å². The quantitative estimate of drug-likeness (QED) is 0.703. The van der Waals surface area contributed by atoms with Crippen molar-refractivity contribution < 1.29 is 9.90 Å². The second-order valence-corrected chi connectivity index (χ2v) is 10.8. The van der Waals surface area contributed by atoms with Crippen LogP contribution in [0, 0.1) is 34.5 Å². The van der Waals surface area contributed by atoms with Gasteiger partial charge < -0.3 is 5.11 Å². The first-order valence-electron chi connectivity index (χ1n) is 11.9. The number of nitrogens with one attached hydrogen (secondary N) is 1. The van der Waals surface area contributed by atoms with Crippen LogP contribution in [0.4, 0.5) is 0 Å². The van der Waals surface area contributed by atoms with E-state index in [0.29, 0.717) is 22.8 Å². The Morgan fingerprint density at radius 1 is 1.10 bits per heavy atom. The number of aromatic nitrogens is 1. The van der Waals surface area contributed by atoms with Gasteiger partial charge >= 0.3 is 0 Å². The van der Waals surface area contributed by atoms with Crippen LogP contribution in [0.1, 0.15) is 82.0 Å². The predicted octanol–water partition coefficient (Wildman–Crippen LogP) is 4.57. The van der Waals surface area contributed by atoms with Gasteiger partial charge in [0, 0.05) is 29.1 Å². The standard InChI is InChI=1S/C25H35N3O2/c1-24-11-7-18(29)15-17(24)3-4-19-20-5-6-22(25(20,2)12-8-21(19)24)27-28-23(30)16-9-13-26-14-10-16/h9-10,13-14,17-21,29H,3-8,11-12,15H2,1-2H3,(H,28,30)/t17-,18+,19-,20+,21-,24-,25+/m0/s1. The SMILES string of the molecule is C[C@]12CC[C@@H](O)C[C@@H]1CC[C@H]1[C@H]3CCC(=NNC(=O)c4ccncc4)[C@]3(C)CC[C@@H]12. The fraction of sp³-hybridized carbons (Fsp3) is 0.720. The number of fused-ring (bicyclic) bond motifs is 5. The number of hydrazone groups is 1. The van der Waals surface area contributed by atoms with Crippen LogP contribution < -0.4 is 5.43 Å². The maximum absolute atomic E-state index is 12.5. The van der Waals surface area contributed by atoms with Crippen LogP contribution in [-0.2, 0) is 0 Å². The normalized spacial score (nSPS) is 44.1. The molecule has 7 atom stereocenters. The second kappa shape index (κ2) is 7.44. The molecule has 0 radical (unpaired) electrons. The number of carbonyl (C=O) groups excluding carboxylic acids is 1. The third-order valence-corrected chi connectivity index (χ3v) is 9.61. The summed E-state index contributed by atoms with van der Waals surface area (Å²) in [5.41, 5.74) is 5.13. The van der Waals surface area contributed by atoms with E-state index in [1.165, 1.54) is 44.2 Å². The minimum atomic E-state index is -0.153. The number of hydrogen-bond donors (Lipinski definition) is 2. The van der Waals surface area contributed by atoms with E-state index < -0.39 is 0 Å². The van der Waals surface area contributed by atoms with E-state index in [1.807, 2.05) is 0 Å². The van der Waals surface area contributed by atoms with Crippen LogP contribution >= 0.6 is 0 Å². The number of pyridine rings is 1. The Balaban J connectivity index is 1.33. The van der Waals surface area contributed by atoms with E-state index in [4.69, 9.17) is 0 Å². The monoisotopic (exact) mass is 409 g/mol. The van der Waals surface area contributed by atoms with Gasteiger partial charge in [-0.15, -0.1) is 0 Å². The zero-order chi connectivity index (χ0) is 20.9. The number of aliphatic hydroxyl groups excluding tert-OH is 1. The van der Waals surface area contributed by atoms with E-state index in [9.17, 15) is 9.90 Å². The van der Waals surface area contributed by atoms with Crippen LogP contribution in [0.2, 0.25) is 0 Å². The summed E-state index contributed by atoms with van der Waals surface area (Å²) < 4.78 is 0. The Kier molecular flexibility index (Phi) is 5.00. The number of nitrogens with zero attached hydrogens (tertiary/aromatic N) is 2. The highest BCUT2D eigenvalue weighted by Crippen LogP contribution is 2.65. The second-order valence-electron chi connectivity index (χ2n) is 10.8. The van der Waals surface area contributed by atoms with E-state index >= 15 is 0 Å². The van der Waals surface area contributed by atoms with Crippen molar-refractivity contribution in [1.82, 2.24) is 10.4 Å². The zero-order valence-corrected chi connectivity index (χ0v) is 18.3. The number of carbonyl (C=O) groups is 1. The molecule has 1 aromatic heterocycles. The van der Waals surface area contributed by atoms with Crippen molar-refractivity contribution in [2.75, 3.05) is 0 Å². The van der Waals surface area contributed by atoms with Crippen LogP contribution in [0.3, 0.4) is 0 Å². The molecular weight excluding hydrogens is 374 g/mol. The molecule has 0 bridgehead atoms. The van der Waals surface area contributed by atoms with Gasteiger partial charge in [0.2, 0.25) is 0 Å². The zero-order valence-electron chi connectivity index (χ0n) is 18.3. The number of amides is 1. The fourth-order valence-electron chi connectivity index (χ4n) is 7.89. The smallest absolute Gasteiger partial charge is 0.271 e. The minimum absolute atomic E-state index is 0.0808. The Labute approximate surface area is 179 Å². The van der Waals surface area contributed by atoms with Crippen molar-refractivity contribution in [3.63, 3.8) is 0 Å². The molecule has 1 aromatic rings. The van der Waals surface area contributed by atoms with Crippen LogP contribution in [0.5, 0.6) is 0 Å². The average Bonchev–Trinajstić information content (AvgIpc) is 3.09. The summed E-state index contributed by atoms with van der Waals surface area (Å²) in [6.07, 6.45) is 13.6. The Hall–Kier alpha value is -1.75. The molecule has 1 amide bonds.